The van der Waals surface area contributed by atoms with Crippen molar-refractivity contribution in [3.63, 3.8) is 0 Å². The fraction of sp³-hybridized carbons (Fsp3) is 0.158. The summed E-state index contributed by atoms with van der Waals surface area (Å²) in [4.78, 5) is 47.8. The Morgan fingerprint density at radius 2 is 1.71 bits per heavy atom. The van der Waals surface area contributed by atoms with Crippen LogP contribution in [0.4, 0.5) is 10.5 Å². The SMILES string of the molecule is COC(=O)Nc1ccc(CNC(=O)Cn2[nH]c(=O)c3ccccc3c2=O)cc1. The molecule has 3 aromatic rings. The maximum absolute atomic E-state index is 12.4. The molecule has 144 valence electrons. The quantitative estimate of drug-likeness (QED) is 0.612. The second-order valence-electron chi connectivity index (χ2n) is 5.97. The molecule has 0 radical (unpaired) electrons. The molecule has 0 spiro atoms. The van der Waals surface area contributed by atoms with Gasteiger partial charge in [-0.25, -0.2) is 9.48 Å². The molecular formula is C19H18N4O5. The van der Waals surface area contributed by atoms with Crippen LogP contribution >= 0.6 is 0 Å². The molecule has 0 bridgehead atoms. The van der Waals surface area contributed by atoms with E-state index in [0.717, 1.165) is 10.2 Å². The lowest BCUT2D eigenvalue weighted by molar-refractivity contribution is -0.122. The van der Waals surface area contributed by atoms with Gasteiger partial charge in [-0.05, 0) is 29.8 Å². The maximum atomic E-state index is 12.4. The Morgan fingerprint density at radius 3 is 2.39 bits per heavy atom. The number of H-pyrrole nitrogens is 1. The molecule has 1 aromatic heterocycles. The number of rotatable bonds is 5. The number of carbonyl (C=O) groups is 2. The maximum Gasteiger partial charge on any atom is 0.411 e. The van der Waals surface area contributed by atoms with Crippen molar-refractivity contribution in [3.05, 3.63) is 74.8 Å². The van der Waals surface area contributed by atoms with Crippen molar-refractivity contribution in [1.29, 1.82) is 0 Å². The van der Waals surface area contributed by atoms with E-state index in [9.17, 15) is 19.2 Å². The predicted molar refractivity (Wildman–Crippen MR) is 103 cm³/mol. The molecule has 0 atom stereocenters. The number of fused-ring (bicyclic) bond motifs is 1. The summed E-state index contributed by atoms with van der Waals surface area (Å²) in [5.41, 5.74) is 0.477. The van der Waals surface area contributed by atoms with Crippen molar-refractivity contribution in [2.45, 2.75) is 13.1 Å². The van der Waals surface area contributed by atoms with E-state index in [1.807, 2.05) is 0 Å². The number of nitrogens with zero attached hydrogens (tertiary/aromatic N) is 1. The molecule has 28 heavy (non-hydrogen) atoms. The molecule has 3 N–H and O–H groups in total. The molecular weight excluding hydrogens is 364 g/mol. The highest BCUT2D eigenvalue weighted by Gasteiger charge is 2.10. The number of anilines is 1. The van der Waals surface area contributed by atoms with Gasteiger partial charge >= 0.3 is 6.09 Å². The Kier molecular flexibility index (Phi) is 5.54. The molecule has 0 saturated heterocycles. The predicted octanol–water partition coefficient (Wildman–Crippen LogP) is 1.18. The summed E-state index contributed by atoms with van der Waals surface area (Å²) in [7, 11) is 1.27. The third-order valence-corrected chi connectivity index (χ3v) is 4.06. The number of hydrogen-bond donors (Lipinski definition) is 3. The number of aromatic amines is 1. The van der Waals surface area contributed by atoms with E-state index in [1.165, 1.54) is 7.11 Å². The topological polar surface area (TPSA) is 122 Å². The first-order valence-electron chi connectivity index (χ1n) is 8.40. The van der Waals surface area contributed by atoms with Crippen molar-refractivity contribution in [1.82, 2.24) is 15.1 Å². The standard InChI is InChI=1S/C19H18N4O5/c1-28-19(27)21-13-8-6-12(7-9-13)10-20-16(24)11-23-18(26)15-5-3-2-4-14(15)17(25)22-23/h2-9H,10-11H2,1H3,(H,20,24)(H,21,27)(H,22,25). The van der Waals surface area contributed by atoms with Crippen molar-refractivity contribution in [2.75, 3.05) is 12.4 Å². The zero-order valence-corrected chi connectivity index (χ0v) is 15.0. The van der Waals surface area contributed by atoms with Gasteiger partial charge in [-0.15, -0.1) is 0 Å². The van der Waals surface area contributed by atoms with Gasteiger partial charge in [0.15, 0.2) is 0 Å². The average Bonchev–Trinajstić information content (AvgIpc) is 2.71. The van der Waals surface area contributed by atoms with Crippen LogP contribution in [-0.2, 0) is 22.6 Å². The first-order valence-corrected chi connectivity index (χ1v) is 8.40. The van der Waals surface area contributed by atoms with Crippen LogP contribution in [0.1, 0.15) is 5.56 Å². The van der Waals surface area contributed by atoms with Crippen LogP contribution in [-0.4, -0.2) is 28.9 Å². The molecule has 0 aliphatic rings. The molecule has 0 aliphatic heterocycles. The lowest BCUT2D eigenvalue weighted by Crippen LogP contribution is -2.36. The third-order valence-electron chi connectivity index (χ3n) is 4.06. The summed E-state index contributed by atoms with van der Waals surface area (Å²) in [5.74, 6) is -0.426. The van der Waals surface area contributed by atoms with E-state index in [2.05, 4.69) is 20.5 Å². The van der Waals surface area contributed by atoms with Crippen molar-refractivity contribution < 1.29 is 14.3 Å². The van der Waals surface area contributed by atoms with Gasteiger partial charge in [0.2, 0.25) is 5.91 Å². The van der Waals surface area contributed by atoms with E-state index in [1.54, 1.807) is 48.5 Å². The molecule has 9 nitrogen and oxygen atoms in total. The van der Waals surface area contributed by atoms with E-state index in [0.29, 0.717) is 5.69 Å². The highest BCUT2D eigenvalue weighted by atomic mass is 16.5. The smallest absolute Gasteiger partial charge is 0.411 e. The van der Waals surface area contributed by atoms with Gasteiger partial charge in [-0.2, -0.15) is 0 Å². The molecule has 9 heteroatoms. The minimum absolute atomic E-state index is 0.226. The van der Waals surface area contributed by atoms with E-state index in [-0.39, 0.29) is 23.9 Å². The van der Waals surface area contributed by atoms with Gasteiger partial charge in [0.1, 0.15) is 6.54 Å². The normalized spacial score (nSPS) is 10.5. The number of amides is 2. The summed E-state index contributed by atoms with van der Waals surface area (Å²) in [6.07, 6.45) is -0.573. The van der Waals surface area contributed by atoms with Gasteiger partial charge in [-0.3, -0.25) is 24.8 Å². The Bertz CT molecular complexity index is 1130. The van der Waals surface area contributed by atoms with Crippen molar-refractivity contribution >= 4 is 28.5 Å². The summed E-state index contributed by atoms with van der Waals surface area (Å²) in [5, 5.41) is 8.16. The van der Waals surface area contributed by atoms with Gasteiger partial charge in [0.25, 0.3) is 11.1 Å². The average molecular weight is 382 g/mol. The molecule has 0 aliphatic carbocycles. The van der Waals surface area contributed by atoms with Crippen LogP contribution in [0.15, 0.2) is 58.1 Å². The van der Waals surface area contributed by atoms with E-state index in [4.69, 9.17) is 0 Å². The summed E-state index contributed by atoms with van der Waals surface area (Å²) >= 11 is 0. The Hall–Kier alpha value is -3.88. The minimum Gasteiger partial charge on any atom is -0.453 e. The molecule has 0 saturated carbocycles. The van der Waals surface area contributed by atoms with Crippen LogP contribution < -0.4 is 21.8 Å². The second-order valence-corrected chi connectivity index (χ2v) is 5.97. The Balaban J connectivity index is 1.64. The highest BCUT2D eigenvalue weighted by Crippen LogP contribution is 2.09. The first kappa shape index (κ1) is 18.9. The molecule has 2 amide bonds. The van der Waals surface area contributed by atoms with Crippen LogP contribution in [0.25, 0.3) is 10.8 Å². The number of ether oxygens (including phenoxy) is 1. The lowest BCUT2D eigenvalue weighted by atomic mass is 10.2. The van der Waals surface area contributed by atoms with Gasteiger partial charge in [-0.1, -0.05) is 24.3 Å². The highest BCUT2D eigenvalue weighted by molar-refractivity contribution is 5.84. The first-order chi connectivity index (χ1) is 13.5. The van der Waals surface area contributed by atoms with Crippen molar-refractivity contribution in [3.8, 4) is 0 Å². The van der Waals surface area contributed by atoms with Crippen molar-refractivity contribution in [2.24, 2.45) is 0 Å². The van der Waals surface area contributed by atoms with Crippen LogP contribution in [0.3, 0.4) is 0 Å². The Labute approximate surface area is 158 Å². The number of benzene rings is 2. The zero-order valence-electron chi connectivity index (χ0n) is 15.0. The largest absolute Gasteiger partial charge is 0.453 e. The molecule has 3 rings (SSSR count). The van der Waals surface area contributed by atoms with Crippen LogP contribution in [0, 0.1) is 0 Å². The third kappa shape index (κ3) is 4.26. The fourth-order valence-electron chi connectivity index (χ4n) is 2.63. The van der Waals surface area contributed by atoms with E-state index < -0.39 is 23.1 Å². The van der Waals surface area contributed by atoms with Gasteiger partial charge in [0.05, 0.1) is 17.9 Å². The number of methoxy groups -OCH3 is 1. The van der Waals surface area contributed by atoms with Crippen LogP contribution in [0.2, 0.25) is 0 Å². The zero-order chi connectivity index (χ0) is 20.1. The van der Waals surface area contributed by atoms with Gasteiger partial charge in [0, 0.05) is 12.2 Å². The fourth-order valence-corrected chi connectivity index (χ4v) is 2.63. The van der Waals surface area contributed by atoms with E-state index >= 15 is 0 Å². The minimum atomic E-state index is -0.573. The monoisotopic (exact) mass is 382 g/mol. The molecule has 0 unspecified atom stereocenters. The summed E-state index contributed by atoms with van der Waals surface area (Å²) < 4.78 is 5.49. The lowest BCUT2D eigenvalue weighted by Gasteiger charge is -2.09. The molecule has 0 fully saturated rings. The molecule has 1 heterocycles. The Morgan fingerprint density at radius 1 is 1.04 bits per heavy atom. The summed E-state index contributed by atoms with van der Waals surface area (Å²) in [6.45, 7) is -0.0786. The number of nitrogens with one attached hydrogen (secondary N) is 3. The second kappa shape index (κ2) is 8.21. The number of aromatic nitrogens is 2. The van der Waals surface area contributed by atoms with Crippen LogP contribution in [0.5, 0.6) is 0 Å². The summed E-state index contributed by atoms with van der Waals surface area (Å²) in [6, 6.07) is 13.2. The number of carbonyl (C=O) groups excluding carboxylic acids is 2. The number of hydrogen-bond acceptors (Lipinski definition) is 5. The van der Waals surface area contributed by atoms with Gasteiger partial charge < -0.3 is 10.1 Å². The molecule has 2 aromatic carbocycles.